The number of methoxy groups -OCH3 is 1. The van der Waals surface area contributed by atoms with Crippen LogP contribution in [-0.2, 0) is 4.79 Å². The van der Waals surface area contributed by atoms with Crippen LogP contribution in [0.1, 0.15) is 18.9 Å². The maximum Gasteiger partial charge on any atom is 0.227 e. The molecule has 0 radical (unpaired) electrons. The van der Waals surface area contributed by atoms with Gasteiger partial charge in [-0.1, -0.05) is 18.2 Å². The van der Waals surface area contributed by atoms with Crippen molar-refractivity contribution in [1.82, 2.24) is 0 Å². The lowest BCUT2D eigenvalue weighted by Gasteiger charge is -2.12. The van der Waals surface area contributed by atoms with Crippen molar-refractivity contribution >= 4 is 11.6 Å². The first-order chi connectivity index (χ1) is 11.6. The van der Waals surface area contributed by atoms with Crippen LogP contribution in [0.15, 0.2) is 42.5 Å². The average molecular weight is 329 g/mol. The number of rotatable bonds is 8. The van der Waals surface area contributed by atoms with Crippen molar-refractivity contribution in [3.8, 4) is 17.2 Å². The highest BCUT2D eigenvalue weighted by Crippen LogP contribution is 2.30. The van der Waals surface area contributed by atoms with Gasteiger partial charge < -0.3 is 19.5 Å². The zero-order valence-electron chi connectivity index (χ0n) is 14.3. The van der Waals surface area contributed by atoms with E-state index in [2.05, 4.69) is 5.32 Å². The molecule has 1 amide bonds. The second kappa shape index (κ2) is 8.82. The largest absolute Gasteiger partial charge is 0.493 e. The Morgan fingerprint density at radius 1 is 1.04 bits per heavy atom. The fraction of sp³-hybridized carbons (Fsp3) is 0.316. The highest BCUT2D eigenvalue weighted by molar-refractivity contribution is 5.91. The molecule has 5 nitrogen and oxygen atoms in total. The third-order valence-corrected chi connectivity index (χ3v) is 3.43. The molecule has 0 bridgehead atoms. The maximum absolute atomic E-state index is 12.0. The minimum Gasteiger partial charge on any atom is -0.493 e. The number of para-hydroxylation sites is 1. The normalized spacial score (nSPS) is 10.1. The predicted octanol–water partition coefficient (Wildman–Crippen LogP) is 3.81. The average Bonchev–Trinajstić information content (AvgIpc) is 2.58. The lowest BCUT2D eigenvalue weighted by molar-refractivity contribution is -0.116. The molecule has 0 fully saturated rings. The van der Waals surface area contributed by atoms with Crippen LogP contribution in [0.25, 0.3) is 0 Å². The van der Waals surface area contributed by atoms with E-state index < -0.39 is 0 Å². The lowest BCUT2D eigenvalue weighted by Crippen LogP contribution is -2.15. The van der Waals surface area contributed by atoms with Gasteiger partial charge in [-0.2, -0.15) is 0 Å². The summed E-state index contributed by atoms with van der Waals surface area (Å²) < 4.78 is 16.4. The van der Waals surface area contributed by atoms with Gasteiger partial charge >= 0.3 is 0 Å². The summed E-state index contributed by atoms with van der Waals surface area (Å²) in [4.78, 5) is 12.0. The van der Waals surface area contributed by atoms with E-state index in [-0.39, 0.29) is 12.3 Å². The Morgan fingerprint density at radius 3 is 2.54 bits per heavy atom. The summed E-state index contributed by atoms with van der Waals surface area (Å²) in [6, 6.07) is 13.0. The Labute approximate surface area is 142 Å². The molecule has 0 aliphatic rings. The van der Waals surface area contributed by atoms with Crippen molar-refractivity contribution in [2.75, 3.05) is 25.6 Å². The molecule has 2 aromatic rings. The molecule has 0 aliphatic heterocycles. The highest BCUT2D eigenvalue weighted by atomic mass is 16.5. The monoisotopic (exact) mass is 329 g/mol. The molecule has 0 atom stereocenters. The van der Waals surface area contributed by atoms with Crippen LogP contribution in [0.2, 0.25) is 0 Å². The van der Waals surface area contributed by atoms with Crippen molar-refractivity contribution in [1.29, 1.82) is 0 Å². The topological polar surface area (TPSA) is 56.8 Å². The summed E-state index contributed by atoms with van der Waals surface area (Å²) in [6.45, 7) is 4.76. The van der Waals surface area contributed by atoms with E-state index in [1.165, 1.54) is 0 Å². The van der Waals surface area contributed by atoms with Crippen molar-refractivity contribution in [2.24, 2.45) is 0 Å². The molecule has 0 saturated carbocycles. The molecule has 2 aromatic carbocycles. The summed E-state index contributed by atoms with van der Waals surface area (Å²) in [5.74, 6) is 1.93. The number of aryl methyl sites for hydroxylation is 1. The maximum atomic E-state index is 12.0. The predicted molar refractivity (Wildman–Crippen MR) is 94.1 cm³/mol. The minimum absolute atomic E-state index is 0.116. The number of carbonyl (C=O) groups excluding carboxylic acids is 1. The molecule has 2 rings (SSSR count). The third kappa shape index (κ3) is 4.91. The second-order valence-corrected chi connectivity index (χ2v) is 5.21. The van der Waals surface area contributed by atoms with Gasteiger partial charge in [0.15, 0.2) is 11.5 Å². The van der Waals surface area contributed by atoms with Crippen molar-refractivity contribution in [3.63, 3.8) is 0 Å². The molecule has 0 aliphatic carbocycles. The Morgan fingerprint density at radius 2 is 1.83 bits per heavy atom. The van der Waals surface area contributed by atoms with E-state index in [4.69, 9.17) is 14.2 Å². The summed E-state index contributed by atoms with van der Waals surface area (Å²) in [7, 11) is 1.57. The molecule has 24 heavy (non-hydrogen) atoms. The van der Waals surface area contributed by atoms with Crippen LogP contribution in [-0.4, -0.2) is 26.2 Å². The lowest BCUT2D eigenvalue weighted by atomic mass is 10.2. The molecule has 0 heterocycles. The number of amides is 1. The molecule has 0 saturated heterocycles. The molecule has 0 unspecified atom stereocenters. The van der Waals surface area contributed by atoms with Crippen LogP contribution in [0.3, 0.4) is 0 Å². The van der Waals surface area contributed by atoms with Crippen LogP contribution < -0.4 is 19.5 Å². The van der Waals surface area contributed by atoms with Crippen LogP contribution in [0.5, 0.6) is 17.2 Å². The van der Waals surface area contributed by atoms with E-state index in [0.717, 1.165) is 11.3 Å². The Hall–Kier alpha value is -2.69. The summed E-state index contributed by atoms with van der Waals surface area (Å²) in [6.07, 6.45) is 0.268. The first-order valence-electron chi connectivity index (χ1n) is 7.93. The van der Waals surface area contributed by atoms with E-state index in [9.17, 15) is 4.79 Å². The first-order valence-corrected chi connectivity index (χ1v) is 7.93. The first kappa shape index (κ1) is 17.7. The van der Waals surface area contributed by atoms with Crippen LogP contribution in [0, 0.1) is 6.92 Å². The van der Waals surface area contributed by atoms with Gasteiger partial charge in [-0.15, -0.1) is 0 Å². The van der Waals surface area contributed by atoms with Crippen LogP contribution in [0.4, 0.5) is 5.69 Å². The van der Waals surface area contributed by atoms with E-state index in [1.54, 1.807) is 25.3 Å². The molecule has 0 aromatic heterocycles. The molecular formula is C19H23NO4. The SMILES string of the molecule is CCOc1ccc(NC(=O)CCOc2ccccc2C)cc1OC. The quantitative estimate of drug-likeness (QED) is 0.800. The summed E-state index contributed by atoms with van der Waals surface area (Å²) in [5, 5.41) is 2.83. The number of hydrogen-bond donors (Lipinski definition) is 1. The zero-order chi connectivity index (χ0) is 17.4. The van der Waals surface area contributed by atoms with Gasteiger partial charge in [0, 0.05) is 11.8 Å². The summed E-state index contributed by atoms with van der Waals surface area (Å²) >= 11 is 0. The van der Waals surface area contributed by atoms with E-state index in [0.29, 0.717) is 30.4 Å². The van der Waals surface area contributed by atoms with Crippen molar-refractivity contribution < 1.29 is 19.0 Å². The van der Waals surface area contributed by atoms with Gasteiger partial charge in [0.2, 0.25) is 5.91 Å². The van der Waals surface area contributed by atoms with Gasteiger partial charge in [-0.3, -0.25) is 4.79 Å². The van der Waals surface area contributed by atoms with E-state index in [1.807, 2.05) is 38.1 Å². The molecule has 128 valence electrons. The zero-order valence-corrected chi connectivity index (χ0v) is 14.3. The van der Waals surface area contributed by atoms with Gasteiger partial charge in [0.25, 0.3) is 0 Å². The Balaban J connectivity index is 1.87. The van der Waals surface area contributed by atoms with Crippen molar-refractivity contribution in [3.05, 3.63) is 48.0 Å². The molecule has 0 spiro atoms. The fourth-order valence-electron chi connectivity index (χ4n) is 2.22. The summed E-state index contributed by atoms with van der Waals surface area (Å²) in [5.41, 5.74) is 1.71. The van der Waals surface area contributed by atoms with Gasteiger partial charge in [-0.25, -0.2) is 0 Å². The number of anilines is 1. The van der Waals surface area contributed by atoms with E-state index >= 15 is 0 Å². The highest BCUT2D eigenvalue weighted by Gasteiger charge is 2.08. The smallest absolute Gasteiger partial charge is 0.227 e. The number of carbonyl (C=O) groups is 1. The molecule has 5 heteroatoms. The number of benzene rings is 2. The number of ether oxygens (including phenoxy) is 3. The number of nitrogens with one attached hydrogen (secondary N) is 1. The van der Waals surface area contributed by atoms with Gasteiger partial charge in [0.1, 0.15) is 5.75 Å². The third-order valence-electron chi connectivity index (χ3n) is 3.43. The van der Waals surface area contributed by atoms with Crippen LogP contribution >= 0.6 is 0 Å². The number of hydrogen-bond acceptors (Lipinski definition) is 4. The Bertz CT molecular complexity index is 685. The second-order valence-electron chi connectivity index (χ2n) is 5.21. The Kier molecular flexibility index (Phi) is 6.49. The minimum atomic E-state index is -0.116. The standard InChI is InChI=1S/C19H23NO4/c1-4-23-17-10-9-15(13-18(17)22-3)20-19(21)11-12-24-16-8-6-5-7-14(16)2/h5-10,13H,4,11-12H2,1-3H3,(H,20,21). The molecular weight excluding hydrogens is 306 g/mol. The fourth-order valence-corrected chi connectivity index (χ4v) is 2.22. The van der Waals surface area contributed by atoms with Gasteiger partial charge in [0.05, 0.1) is 26.7 Å². The van der Waals surface area contributed by atoms with Crippen molar-refractivity contribution in [2.45, 2.75) is 20.3 Å². The van der Waals surface area contributed by atoms with Gasteiger partial charge in [-0.05, 0) is 37.6 Å². The molecule has 1 N–H and O–H groups in total.